The average Bonchev–Trinajstić information content (AvgIpc) is 3.00. The maximum absolute atomic E-state index is 12.5. The molecule has 4 nitrogen and oxygen atoms in total. The van der Waals surface area contributed by atoms with E-state index in [1.54, 1.807) is 12.4 Å². The lowest BCUT2D eigenvalue weighted by molar-refractivity contribution is -0.115. The molecule has 0 unspecified atom stereocenters. The molecule has 134 valence electrons. The third kappa shape index (κ3) is 3.90. The zero-order valence-corrected chi connectivity index (χ0v) is 15.2. The largest absolute Gasteiger partial charge is 0.350 e. The van der Waals surface area contributed by atoms with Crippen LogP contribution in [0.3, 0.4) is 0 Å². The van der Waals surface area contributed by atoms with Crippen LogP contribution in [0.5, 0.6) is 0 Å². The summed E-state index contributed by atoms with van der Waals surface area (Å²) in [6.45, 7) is 0. The molecule has 2 aromatic heterocycles. The molecular formula is C23H21N3O. The fourth-order valence-electron chi connectivity index (χ4n) is 3.39. The third-order valence-corrected chi connectivity index (χ3v) is 4.73. The lowest BCUT2D eigenvalue weighted by Crippen LogP contribution is -2.14. The van der Waals surface area contributed by atoms with Crippen LogP contribution in [0.1, 0.15) is 16.7 Å². The van der Waals surface area contributed by atoms with Crippen molar-refractivity contribution in [3.05, 3.63) is 95.9 Å². The molecule has 0 aliphatic rings. The number of amides is 1. The molecule has 0 saturated carbocycles. The van der Waals surface area contributed by atoms with Gasteiger partial charge in [0.1, 0.15) is 0 Å². The number of anilines is 1. The average molecular weight is 355 g/mol. The molecule has 4 rings (SSSR count). The molecule has 0 aliphatic heterocycles. The molecule has 2 aromatic carbocycles. The summed E-state index contributed by atoms with van der Waals surface area (Å²) in [6.07, 6.45) is 6.85. The topological polar surface area (TPSA) is 46.9 Å². The van der Waals surface area contributed by atoms with Crippen molar-refractivity contribution in [2.75, 3.05) is 5.32 Å². The molecule has 0 aliphatic carbocycles. The Kier molecular flexibility index (Phi) is 4.71. The highest BCUT2D eigenvalue weighted by molar-refractivity contribution is 5.95. The summed E-state index contributed by atoms with van der Waals surface area (Å²) in [5, 5.41) is 4.12. The summed E-state index contributed by atoms with van der Waals surface area (Å²) in [4.78, 5) is 16.5. The van der Waals surface area contributed by atoms with Crippen molar-refractivity contribution in [2.45, 2.75) is 12.8 Å². The molecule has 2 heterocycles. The van der Waals surface area contributed by atoms with Crippen molar-refractivity contribution in [3.63, 3.8) is 0 Å². The van der Waals surface area contributed by atoms with Gasteiger partial charge in [-0.05, 0) is 53.4 Å². The van der Waals surface area contributed by atoms with Gasteiger partial charge in [-0.15, -0.1) is 0 Å². The first-order valence-electron chi connectivity index (χ1n) is 9.00. The van der Waals surface area contributed by atoms with Gasteiger partial charge < -0.3 is 9.88 Å². The lowest BCUT2D eigenvalue weighted by Gasteiger charge is -2.07. The van der Waals surface area contributed by atoms with Gasteiger partial charge in [0.15, 0.2) is 0 Å². The van der Waals surface area contributed by atoms with Crippen molar-refractivity contribution in [3.8, 4) is 0 Å². The summed E-state index contributed by atoms with van der Waals surface area (Å²) >= 11 is 0. The number of aromatic nitrogens is 2. The fourth-order valence-corrected chi connectivity index (χ4v) is 3.39. The van der Waals surface area contributed by atoms with Crippen LogP contribution < -0.4 is 5.32 Å². The smallest absolute Gasteiger partial charge is 0.228 e. The number of rotatable bonds is 5. The molecule has 0 bridgehead atoms. The van der Waals surface area contributed by atoms with E-state index < -0.39 is 0 Å². The second-order valence-corrected chi connectivity index (χ2v) is 6.74. The highest BCUT2D eigenvalue weighted by atomic mass is 16.1. The first-order chi connectivity index (χ1) is 13.2. The number of carbonyl (C=O) groups excluding carboxylic acids is 1. The molecule has 4 aromatic rings. The lowest BCUT2D eigenvalue weighted by atomic mass is 10.1. The van der Waals surface area contributed by atoms with Gasteiger partial charge in [0.25, 0.3) is 0 Å². The van der Waals surface area contributed by atoms with Crippen LogP contribution in [0.25, 0.3) is 10.9 Å². The van der Waals surface area contributed by atoms with E-state index in [2.05, 4.69) is 27.0 Å². The minimum Gasteiger partial charge on any atom is -0.350 e. The fraction of sp³-hybridized carbons (Fsp3) is 0.130. The van der Waals surface area contributed by atoms with Gasteiger partial charge >= 0.3 is 0 Å². The van der Waals surface area contributed by atoms with Crippen LogP contribution in [0, 0.1) is 0 Å². The highest BCUT2D eigenvalue weighted by Gasteiger charge is 2.10. The van der Waals surface area contributed by atoms with Crippen LogP contribution in [-0.4, -0.2) is 15.5 Å². The number of hydrogen-bond acceptors (Lipinski definition) is 2. The van der Waals surface area contributed by atoms with Crippen LogP contribution in [0.4, 0.5) is 5.69 Å². The van der Waals surface area contributed by atoms with Gasteiger partial charge in [0.05, 0.1) is 6.42 Å². The number of benzene rings is 2. The molecule has 27 heavy (non-hydrogen) atoms. The predicted octanol–water partition coefficient (Wildman–Crippen LogP) is 4.35. The number of nitrogens with one attached hydrogen (secondary N) is 1. The van der Waals surface area contributed by atoms with Crippen molar-refractivity contribution in [1.29, 1.82) is 0 Å². The SMILES string of the molecule is Cn1cc(CC(=O)Nc2ccc(Cc3ccncc3)cc2)c2ccccc21. The van der Waals surface area contributed by atoms with Gasteiger partial charge in [-0.25, -0.2) is 0 Å². The molecule has 4 heteroatoms. The summed E-state index contributed by atoms with van der Waals surface area (Å²) in [5.74, 6) is -0.00626. The Morgan fingerprint density at radius 1 is 0.963 bits per heavy atom. The number of nitrogens with zero attached hydrogens (tertiary/aromatic N) is 2. The summed E-state index contributed by atoms with van der Waals surface area (Å²) in [6, 6.07) is 20.2. The Balaban J connectivity index is 1.42. The number of para-hydroxylation sites is 1. The van der Waals surface area contributed by atoms with Gasteiger partial charge in [-0.3, -0.25) is 9.78 Å². The quantitative estimate of drug-likeness (QED) is 0.579. The zero-order valence-electron chi connectivity index (χ0n) is 15.2. The highest BCUT2D eigenvalue weighted by Crippen LogP contribution is 2.21. The molecule has 0 spiro atoms. The van der Waals surface area contributed by atoms with E-state index >= 15 is 0 Å². The van der Waals surface area contributed by atoms with Gasteiger partial charge in [0, 0.05) is 42.2 Å². The van der Waals surface area contributed by atoms with Crippen LogP contribution >= 0.6 is 0 Å². The number of fused-ring (bicyclic) bond motifs is 1. The minimum absolute atomic E-state index is 0.00626. The number of hydrogen-bond donors (Lipinski definition) is 1. The van der Waals surface area contributed by atoms with E-state index in [1.807, 2.05) is 61.8 Å². The number of aryl methyl sites for hydroxylation is 1. The van der Waals surface area contributed by atoms with Gasteiger partial charge in [0.2, 0.25) is 5.91 Å². The molecular weight excluding hydrogens is 334 g/mol. The second-order valence-electron chi connectivity index (χ2n) is 6.74. The van der Waals surface area contributed by atoms with E-state index in [0.717, 1.165) is 28.6 Å². The van der Waals surface area contributed by atoms with Crippen molar-refractivity contribution in [1.82, 2.24) is 9.55 Å². The summed E-state index contributed by atoms with van der Waals surface area (Å²) < 4.78 is 2.06. The monoisotopic (exact) mass is 355 g/mol. The Hall–Kier alpha value is -3.40. The van der Waals surface area contributed by atoms with Crippen molar-refractivity contribution < 1.29 is 4.79 Å². The molecule has 0 atom stereocenters. The maximum Gasteiger partial charge on any atom is 0.228 e. The minimum atomic E-state index is -0.00626. The first kappa shape index (κ1) is 17.0. The van der Waals surface area contributed by atoms with E-state index in [9.17, 15) is 4.79 Å². The summed E-state index contributed by atoms with van der Waals surface area (Å²) in [7, 11) is 2.01. The Labute approximate surface area is 158 Å². The molecule has 0 fully saturated rings. The molecule has 1 N–H and O–H groups in total. The normalized spacial score (nSPS) is 10.9. The molecule has 1 amide bonds. The van der Waals surface area contributed by atoms with Crippen molar-refractivity contribution in [2.24, 2.45) is 7.05 Å². The first-order valence-corrected chi connectivity index (χ1v) is 9.00. The Bertz CT molecular complexity index is 1070. The van der Waals surface area contributed by atoms with Crippen LogP contribution in [-0.2, 0) is 24.7 Å². The molecule has 0 radical (unpaired) electrons. The summed E-state index contributed by atoms with van der Waals surface area (Å²) in [5.41, 5.74) is 5.42. The zero-order chi connectivity index (χ0) is 18.6. The second kappa shape index (κ2) is 7.46. The van der Waals surface area contributed by atoms with Gasteiger partial charge in [-0.1, -0.05) is 30.3 Å². The van der Waals surface area contributed by atoms with E-state index in [1.165, 1.54) is 11.1 Å². The standard InChI is InChI=1S/C23H21N3O/c1-26-16-19(21-4-2-3-5-22(21)26)15-23(27)25-20-8-6-17(7-9-20)14-18-10-12-24-13-11-18/h2-13,16H,14-15H2,1H3,(H,25,27). The van der Waals surface area contributed by atoms with Crippen molar-refractivity contribution >= 4 is 22.5 Å². The Morgan fingerprint density at radius 3 is 2.44 bits per heavy atom. The van der Waals surface area contributed by atoms with E-state index in [4.69, 9.17) is 0 Å². The van der Waals surface area contributed by atoms with Crippen LogP contribution in [0.15, 0.2) is 79.3 Å². The molecule has 0 saturated heterocycles. The number of pyridine rings is 1. The van der Waals surface area contributed by atoms with E-state index in [-0.39, 0.29) is 5.91 Å². The number of carbonyl (C=O) groups is 1. The Morgan fingerprint density at radius 2 is 1.67 bits per heavy atom. The van der Waals surface area contributed by atoms with E-state index in [0.29, 0.717) is 6.42 Å². The maximum atomic E-state index is 12.5. The van der Waals surface area contributed by atoms with Crippen LogP contribution in [0.2, 0.25) is 0 Å². The third-order valence-electron chi connectivity index (χ3n) is 4.73. The predicted molar refractivity (Wildman–Crippen MR) is 109 cm³/mol. The van der Waals surface area contributed by atoms with Gasteiger partial charge in [-0.2, -0.15) is 0 Å².